The molecule has 0 spiro atoms. The van der Waals surface area contributed by atoms with Crippen LogP contribution in [0.5, 0.6) is 0 Å². The molecule has 0 radical (unpaired) electrons. The molecule has 100 valence electrons. The Kier molecular flexibility index (Phi) is 4.97. The molecule has 2 nitrogen and oxygen atoms in total. The SMILES string of the molecule is CCC1NC(=S)N(CF)CCC1CC(F)(F)F. The monoisotopic (exact) mass is 272 g/mol. The van der Waals surface area contributed by atoms with Crippen LogP contribution in [-0.2, 0) is 0 Å². The molecule has 1 N–H and O–H groups in total. The lowest BCUT2D eigenvalue weighted by atomic mass is 9.91. The van der Waals surface area contributed by atoms with Crippen LogP contribution in [0.25, 0.3) is 0 Å². The highest BCUT2D eigenvalue weighted by molar-refractivity contribution is 7.80. The minimum atomic E-state index is -4.19. The minimum absolute atomic E-state index is 0.212. The highest BCUT2D eigenvalue weighted by Crippen LogP contribution is 2.31. The molecule has 0 aromatic carbocycles. The van der Waals surface area contributed by atoms with E-state index < -0.39 is 25.3 Å². The lowest BCUT2D eigenvalue weighted by Crippen LogP contribution is -2.43. The van der Waals surface area contributed by atoms with Gasteiger partial charge in [0, 0.05) is 19.0 Å². The Morgan fingerprint density at radius 3 is 2.59 bits per heavy atom. The second-order valence-corrected chi connectivity index (χ2v) is 4.60. The van der Waals surface area contributed by atoms with Gasteiger partial charge in [0.05, 0.1) is 0 Å². The summed E-state index contributed by atoms with van der Waals surface area (Å²) in [5.41, 5.74) is 0. The summed E-state index contributed by atoms with van der Waals surface area (Å²) in [6.07, 6.45) is -4.19. The van der Waals surface area contributed by atoms with Crippen molar-refractivity contribution in [2.24, 2.45) is 5.92 Å². The standard InChI is InChI=1S/C10H16F4N2S/c1-2-8-7(5-10(12,13)14)3-4-16(6-11)9(17)15-8/h7-8H,2-6H2,1H3,(H,15,17). The van der Waals surface area contributed by atoms with Gasteiger partial charge in [0.25, 0.3) is 0 Å². The van der Waals surface area contributed by atoms with Gasteiger partial charge in [0.2, 0.25) is 0 Å². The van der Waals surface area contributed by atoms with E-state index in [0.717, 1.165) is 0 Å². The van der Waals surface area contributed by atoms with E-state index in [1.165, 1.54) is 4.90 Å². The summed E-state index contributed by atoms with van der Waals surface area (Å²) >= 11 is 4.94. The van der Waals surface area contributed by atoms with Crippen LogP contribution in [0.3, 0.4) is 0 Å². The van der Waals surface area contributed by atoms with Crippen LogP contribution in [0.4, 0.5) is 17.6 Å². The molecule has 1 rings (SSSR count). The average Bonchev–Trinajstić information content (AvgIpc) is 2.36. The van der Waals surface area contributed by atoms with Crippen molar-refractivity contribution < 1.29 is 17.6 Å². The fourth-order valence-corrected chi connectivity index (χ4v) is 2.37. The van der Waals surface area contributed by atoms with Gasteiger partial charge in [-0.15, -0.1) is 0 Å². The fraction of sp³-hybridized carbons (Fsp3) is 0.900. The summed E-state index contributed by atoms with van der Waals surface area (Å²) < 4.78 is 49.8. The van der Waals surface area contributed by atoms with Gasteiger partial charge in [0.15, 0.2) is 11.9 Å². The van der Waals surface area contributed by atoms with Crippen molar-refractivity contribution in [3.63, 3.8) is 0 Å². The van der Waals surface area contributed by atoms with Gasteiger partial charge in [0.1, 0.15) is 0 Å². The first-order valence-corrected chi connectivity index (χ1v) is 5.96. The van der Waals surface area contributed by atoms with Crippen molar-refractivity contribution in [1.29, 1.82) is 0 Å². The molecular weight excluding hydrogens is 256 g/mol. The van der Waals surface area contributed by atoms with Crippen LogP contribution in [0.1, 0.15) is 26.2 Å². The number of alkyl halides is 4. The molecule has 0 aromatic heterocycles. The molecule has 0 bridgehead atoms. The van der Waals surface area contributed by atoms with Gasteiger partial charge < -0.3 is 10.2 Å². The van der Waals surface area contributed by atoms with Crippen LogP contribution >= 0.6 is 12.2 Å². The molecule has 0 saturated carbocycles. The largest absolute Gasteiger partial charge is 0.389 e. The number of thiocarbonyl (C=S) groups is 1. The van der Waals surface area contributed by atoms with E-state index in [1.807, 2.05) is 0 Å². The molecule has 17 heavy (non-hydrogen) atoms. The number of nitrogens with zero attached hydrogens (tertiary/aromatic N) is 1. The van der Waals surface area contributed by atoms with Crippen LogP contribution < -0.4 is 5.32 Å². The number of nitrogens with one attached hydrogen (secondary N) is 1. The molecular formula is C10H16F4N2S. The molecule has 0 aromatic rings. The molecule has 1 fully saturated rings. The maximum atomic E-state index is 12.6. The van der Waals surface area contributed by atoms with Gasteiger partial charge in [-0.1, -0.05) is 6.92 Å². The molecule has 0 aliphatic carbocycles. The Morgan fingerprint density at radius 1 is 1.47 bits per heavy atom. The fourth-order valence-electron chi connectivity index (χ4n) is 2.08. The second kappa shape index (κ2) is 5.84. The smallest absolute Gasteiger partial charge is 0.359 e. The molecule has 1 aliphatic rings. The number of hydrogen-bond donors (Lipinski definition) is 1. The van der Waals surface area contributed by atoms with E-state index in [9.17, 15) is 17.6 Å². The maximum Gasteiger partial charge on any atom is 0.389 e. The molecule has 7 heteroatoms. The minimum Gasteiger partial charge on any atom is -0.359 e. The van der Waals surface area contributed by atoms with Crippen LogP contribution in [0, 0.1) is 5.92 Å². The summed E-state index contributed by atoms with van der Waals surface area (Å²) in [6, 6.07) is -0.333. The van der Waals surface area contributed by atoms with E-state index >= 15 is 0 Å². The topological polar surface area (TPSA) is 15.3 Å². The highest BCUT2D eigenvalue weighted by Gasteiger charge is 2.37. The van der Waals surface area contributed by atoms with Crippen molar-refractivity contribution in [2.75, 3.05) is 13.3 Å². The average molecular weight is 272 g/mol. The first kappa shape index (κ1) is 14.5. The Balaban J connectivity index is 2.72. The quantitative estimate of drug-likeness (QED) is 0.483. The van der Waals surface area contributed by atoms with Crippen LogP contribution in [0.2, 0.25) is 0 Å². The van der Waals surface area contributed by atoms with Crippen molar-refractivity contribution in [3.8, 4) is 0 Å². The maximum absolute atomic E-state index is 12.6. The number of halogens is 4. The number of rotatable bonds is 3. The first-order chi connectivity index (χ1) is 7.87. The van der Waals surface area contributed by atoms with Crippen molar-refractivity contribution in [2.45, 2.75) is 38.4 Å². The summed E-state index contributed by atoms with van der Waals surface area (Å²) in [7, 11) is 0. The second-order valence-electron chi connectivity index (χ2n) is 4.22. The van der Waals surface area contributed by atoms with Crippen LogP contribution in [0.15, 0.2) is 0 Å². The molecule has 2 atom stereocenters. The zero-order valence-electron chi connectivity index (χ0n) is 9.56. The predicted octanol–water partition coefficient (Wildman–Crippen LogP) is 2.84. The van der Waals surface area contributed by atoms with E-state index in [2.05, 4.69) is 5.32 Å². The zero-order valence-corrected chi connectivity index (χ0v) is 10.4. The van der Waals surface area contributed by atoms with Gasteiger partial charge in [-0.05, 0) is 31.0 Å². The normalized spacial score (nSPS) is 26.6. The third-order valence-electron chi connectivity index (χ3n) is 3.01. The molecule has 0 amide bonds. The van der Waals surface area contributed by atoms with Gasteiger partial charge in [-0.25, -0.2) is 4.39 Å². The predicted molar refractivity (Wildman–Crippen MR) is 61.3 cm³/mol. The van der Waals surface area contributed by atoms with Gasteiger partial charge in [-0.3, -0.25) is 0 Å². The third kappa shape index (κ3) is 4.29. The van der Waals surface area contributed by atoms with E-state index in [4.69, 9.17) is 12.2 Å². The van der Waals surface area contributed by atoms with Gasteiger partial charge in [-0.2, -0.15) is 13.2 Å². The summed E-state index contributed by atoms with van der Waals surface area (Å²) in [5, 5.41) is 3.03. The van der Waals surface area contributed by atoms with Crippen molar-refractivity contribution in [1.82, 2.24) is 10.2 Å². The summed E-state index contributed by atoms with van der Waals surface area (Å²) in [4.78, 5) is 1.26. The first-order valence-electron chi connectivity index (χ1n) is 5.55. The number of hydrogen-bond acceptors (Lipinski definition) is 1. The highest BCUT2D eigenvalue weighted by atomic mass is 32.1. The summed E-state index contributed by atoms with van der Waals surface area (Å²) in [6.45, 7) is 1.27. The lowest BCUT2D eigenvalue weighted by molar-refractivity contribution is -0.146. The Bertz CT molecular complexity index is 270. The van der Waals surface area contributed by atoms with E-state index in [-0.39, 0.29) is 17.7 Å². The molecule has 1 heterocycles. The van der Waals surface area contributed by atoms with E-state index in [1.54, 1.807) is 6.92 Å². The lowest BCUT2D eigenvalue weighted by Gasteiger charge is -2.25. The van der Waals surface area contributed by atoms with Crippen LogP contribution in [-0.4, -0.2) is 35.6 Å². The molecule has 2 unspecified atom stereocenters. The Morgan fingerprint density at radius 2 is 2.12 bits per heavy atom. The molecule has 1 saturated heterocycles. The Labute approximate surface area is 103 Å². The van der Waals surface area contributed by atoms with Crippen molar-refractivity contribution >= 4 is 17.3 Å². The zero-order chi connectivity index (χ0) is 13.1. The molecule has 1 aliphatic heterocycles. The Hall–Kier alpha value is -0.590. The van der Waals surface area contributed by atoms with Crippen molar-refractivity contribution in [3.05, 3.63) is 0 Å². The van der Waals surface area contributed by atoms with E-state index in [0.29, 0.717) is 12.8 Å². The van der Waals surface area contributed by atoms with Gasteiger partial charge >= 0.3 is 6.18 Å². The third-order valence-corrected chi connectivity index (χ3v) is 3.39. The summed E-state index contributed by atoms with van der Waals surface area (Å²) in [5.74, 6) is -0.547.